The summed E-state index contributed by atoms with van der Waals surface area (Å²) in [7, 11) is 3.71. The molecule has 24 heavy (non-hydrogen) atoms. The first kappa shape index (κ1) is 16.8. The van der Waals surface area contributed by atoms with Gasteiger partial charge in [-0.05, 0) is 30.9 Å². The number of amides is 1. The minimum Gasteiger partial charge on any atom is -0.355 e. The fraction of sp³-hybridized carbons (Fsp3) is 0.471. The molecule has 1 amide bonds. The van der Waals surface area contributed by atoms with E-state index < -0.39 is 0 Å². The lowest BCUT2D eigenvalue weighted by atomic mass is 9.96. The van der Waals surface area contributed by atoms with Crippen LogP contribution in [0.5, 0.6) is 0 Å². The Hall–Kier alpha value is -2.08. The highest BCUT2D eigenvalue weighted by molar-refractivity contribution is 6.32. The minimum absolute atomic E-state index is 0.0224. The van der Waals surface area contributed by atoms with E-state index >= 15 is 0 Å². The van der Waals surface area contributed by atoms with Crippen LogP contribution in [0.1, 0.15) is 23.3 Å². The van der Waals surface area contributed by atoms with Crippen LogP contribution in [0.4, 0.5) is 5.82 Å². The second-order valence-electron chi connectivity index (χ2n) is 6.35. The molecule has 3 heterocycles. The van der Waals surface area contributed by atoms with Crippen molar-refractivity contribution in [2.75, 3.05) is 31.6 Å². The van der Waals surface area contributed by atoms with Gasteiger partial charge in [-0.2, -0.15) is 0 Å². The number of carbonyl (C=O) groups is 1. The number of pyridine rings is 1. The van der Waals surface area contributed by atoms with Crippen LogP contribution in [-0.2, 0) is 7.05 Å². The predicted octanol–water partition coefficient (Wildman–Crippen LogP) is 2.46. The Balaban J connectivity index is 1.53. The summed E-state index contributed by atoms with van der Waals surface area (Å²) in [6.45, 7) is 2.57. The Kier molecular flexibility index (Phi) is 5.04. The fourth-order valence-corrected chi connectivity index (χ4v) is 3.37. The van der Waals surface area contributed by atoms with Gasteiger partial charge in [-0.25, -0.2) is 9.97 Å². The zero-order chi connectivity index (χ0) is 17.1. The van der Waals surface area contributed by atoms with E-state index in [1.807, 2.05) is 26.2 Å². The van der Waals surface area contributed by atoms with Crippen molar-refractivity contribution in [1.29, 1.82) is 0 Å². The molecule has 0 atom stereocenters. The third-order valence-electron chi connectivity index (χ3n) is 4.46. The number of nitrogens with zero attached hydrogens (tertiary/aromatic N) is 5. The largest absolute Gasteiger partial charge is 0.355 e. The van der Waals surface area contributed by atoms with Gasteiger partial charge in [-0.1, -0.05) is 11.6 Å². The van der Waals surface area contributed by atoms with Crippen molar-refractivity contribution in [2.45, 2.75) is 12.8 Å². The van der Waals surface area contributed by atoms with Crippen molar-refractivity contribution in [3.05, 3.63) is 41.6 Å². The molecule has 0 N–H and O–H groups in total. The Morgan fingerprint density at radius 2 is 2.12 bits per heavy atom. The topological polar surface area (TPSA) is 54.3 Å². The summed E-state index contributed by atoms with van der Waals surface area (Å²) in [4.78, 5) is 24.9. The molecule has 1 aliphatic rings. The van der Waals surface area contributed by atoms with Gasteiger partial charge in [0, 0.05) is 46.1 Å². The molecule has 2 aromatic rings. The standard InChI is InChI=1S/C17H22ClN5O/c1-21-11-15(20-12-21)17(24)22(2)10-13-5-8-23(9-6-13)16-14(18)4-3-7-19-16/h3-4,7,11-13H,5-6,8-10H2,1-2H3. The van der Waals surface area contributed by atoms with Crippen LogP contribution in [0, 0.1) is 5.92 Å². The summed E-state index contributed by atoms with van der Waals surface area (Å²) < 4.78 is 1.79. The summed E-state index contributed by atoms with van der Waals surface area (Å²) >= 11 is 6.22. The molecule has 0 aliphatic carbocycles. The maximum atomic E-state index is 12.4. The summed E-state index contributed by atoms with van der Waals surface area (Å²) in [5.41, 5.74) is 0.498. The molecule has 0 unspecified atom stereocenters. The number of hydrogen-bond acceptors (Lipinski definition) is 4. The molecule has 1 saturated heterocycles. The minimum atomic E-state index is -0.0224. The molecule has 0 radical (unpaired) electrons. The van der Waals surface area contributed by atoms with Crippen LogP contribution in [0.2, 0.25) is 5.02 Å². The van der Waals surface area contributed by atoms with E-state index in [1.54, 1.807) is 28.2 Å². The monoisotopic (exact) mass is 347 g/mol. The number of hydrogen-bond donors (Lipinski definition) is 0. The molecule has 0 bridgehead atoms. The molecule has 0 aromatic carbocycles. The van der Waals surface area contributed by atoms with Gasteiger partial charge in [-0.3, -0.25) is 4.79 Å². The highest BCUT2D eigenvalue weighted by atomic mass is 35.5. The molecule has 128 valence electrons. The Morgan fingerprint density at radius 1 is 1.38 bits per heavy atom. The highest BCUT2D eigenvalue weighted by Gasteiger charge is 2.24. The summed E-state index contributed by atoms with van der Waals surface area (Å²) in [5.74, 6) is 1.32. The van der Waals surface area contributed by atoms with Gasteiger partial charge in [0.15, 0.2) is 0 Å². The fourth-order valence-electron chi connectivity index (χ4n) is 3.13. The smallest absolute Gasteiger partial charge is 0.273 e. The van der Waals surface area contributed by atoms with Crippen LogP contribution in [0.3, 0.4) is 0 Å². The number of halogens is 1. The molecule has 1 fully saturated rings. The molecule has 0 saturated carbocycles. The van der Waals surface area contributed by atoms with Crippen molar-refractivity contribution in [3.8, 4) is 0 Å². The number of anilines is 1. The van der Waals surface area contributed by atoms with Crippen LogP contribution < -0.4 is 4.90 Å². The van der Waals surface area contributed by atoms with Crippen molar-refractivity contribution in [2.24, 2.45) is 13.0 Å². The quantitative estimate of drug-likeness (QED) is 0.852. The lowest BCUT2D eigenvalue weighted by Gasteiger charge is -2.34. The first-order chi connectivity index (χ1) is 11.5. The lowest BCUT2D eigenvalue weighted by molar-refractivity contribution is 0.0759. The maximum Gasteiger partial charge on any atom is 0.273 e. The van der Waals surface area contributed by atoms with E-state index in [9.17, 15) is 4.79 Å². The molecular weight excluding hydrogens is 326 g/mol. The molecule has 7 heteroatoms. The summed E-state index contributed by atoms with van der Waals surface area (Å²) in [6.07, 6.45) is 7.22. The third-order valence-corrected chi connectivity index (χ3v) is 4.75. The van der Waals surface area contributed by atoms with Gasteiger partial charge < -0.3 is 14.4 Å². The molecule has 2 aromatic heterocycles. The number of aryl methyl sites for hydroxylation is 1. The van der Waals surface area contributed by atoms with E-state index in [0.717, 1.165) is 38.3 Å². The molecule has 6 nitrogen and oxygen atoms in total. The molecule has 0 spiro atoms. The number of rotatable bonds is 4. The first-order valence-corrected chi connectivity index (χ1v) is 8.51. The van der Waals surface area contributed by atoms with Crippen molar-refractivity contribution < 1.29 is 4.79 Å². The van der Waals surface area contributed by atoms with E-state index in [2.05, 4.69) is 14.9 Å². The second-order valence-corrected chi connectivity index (χ2v) is 6.76. The maximum absolute atomic E-state index is 12.4. The van der Waals surface area contributed by atoms with Crippen LogP contribution in [0.15, 0.2) is 30.9 Å². The summed E-state index contributed by atoms with van der Waals surface area (Å²) in [6, 6.07) is 3.71. The average molecular weight is 348 g/mol. The predicted molar refractivity (Wildman–Crippen MR) is 94.4 cm³/mol. The van der Waals surface area contributed by atoms with E-state index in [0.29, 0.717) is 16.6 Å². The Morgan fingerprint density at radius 3 is 2.75 bits per heavy atom. The zero-order valence-corrected chi connectivity index (χ0v) is 14.8. The van der Waals surface area contributed by atoms with Gasteiger partial charge in [-0.15, -0.1) is 0 Å². The van der Waals surface area contributed by atoms with Gasteiger partial charge in [0.25, 0.3) is 5.91 Å². The third kappa shape index (κ3) is 3.70. The van der Waals surface area contributed by atoms with Crippen LogP contribution in [-0.4, -0.2) is 52.0 Å². The van der Waals surface area contributed by atoms with Gasteiger partial charge in [0.05, 0.1) is 11.3 Å². The Bertz CT molecular complexity index is 709. The molecule has 3 rings (SSSR count). The second kappa shape index (κ2) is 7.21. The normalized spacial score (nSPS) is 15.5. The molecule has 1 aliphatic heterocycles. The van der Waals surface area contributed by atoms with Gasteiger partial charge in [0.2, 0.25) is 0 Å². The van der Waals surface area contributed by atoms with Crippen molar-refractivity contribution >= 4 is 23.3 Å². The van der Waals surface area contributed by atoms with E-state index in [-0.39, 0.29) is 5.91 Å². The number of piperidine rings is 1. The average Bonchev–Trinajstić information content (AvgIpc) is 3.02. The highest BCUT2D eigenvalue weighted by Crippen LogP contribution is 2.27. The summed E-state index contributed by atoms with van der Waals surface area (Å²) in [5, 5.41) is 0.693. The SMILES string of the molecule is CN(CC1CCN(c2ncccc2Cl)CC1)C(=O)c1cn(C)cn1. The molecular formula is C17H22ClN5O. The van der Waals surface area contributed by atoms with E-state index in [1.165, 1.54) is 0 Å². The Labute approximate surface area is 147 Å². The van der Waals surface area contributed by atoms with Crippen molar-refractivity contribution in [3.63, 3.8) is 0 Å². The van der Waals surface area contributed by atoms with Crippen LogP contribution >= 0.6 is 11.6 Å². The van der Waals surface area contributed by atoms with Gasteiger partial charge >= 0.3 is 0 Å². The van der Waals surface area contributed by atoms with Crippen molar-refractivity contribution in [1.82, 2.24) is 19.4 Å². The number of imidazole rings is 1. The zero-order valence-electron chi connectivity index (χ0n) is 14.0. The van der Waals surface area contributed by atoms with Crippen LogP contribution in [0.25, 0.3) is 0 Å². The van der Waals surface area contributed by atoms with Gasteiger partial charge in [0.1, 0.15) is 11.5 Å². The van der Waals surface area contributed by atoms with E-state index in [4.69, 9.17) is 11.6 Å². The number of carbonyl (C=O) groups excluding carboxylic acids is 1. The first-order valence-electron chi connectivity index (χ1n) is 8.13. The lowest BCUT2D eigenvalue weighted by Crippen LogP contribution is -2.40. The number of aromatic nitrogens is 3.